The van der Waals surface area contributed by atoms with E-state index in [0.717, 1.165) is 22.7 Å². The first-order chi connectivity index (χ1) is 12.5. The third-order valence-electron chi connectivity index (χ3n) is 4.53. The van der Waals surface area contributed by atoms with Gasteiger partial charge in [0.15, 0.2) is 0 Å². The zero-order valence-electron chi connectivity index (χ0n) is 15.0. The number of benzene rings is 1. The summed E-state index contributed by atoms with van der Waals surface area (Å²) in [6, 6.07) is 5.98. The number of thiazole rings is 1. The van der Waals surface area contributed by atoms with Crippen molar-refractivity contribution in [3.63, 3.8) is 0 Å². The Labute approximate surface area is 156 Å². The molecule has 2 aromatic rings. The van der Waals surface area contributed by atoms with E-state index in [4.69, 9.17) is 0 Å². The molecule has 2 amide bonds. The van der Waals surface area contributed by atoms with E-state index >= 15 is 0 Å². The maximum Gasteiger partial charge on any atom is 0.265 e. The van der Waals surface area contributed by atoms with E-state index in [0.29, 0.717) is 31.1 Å². The highest BCUT2D eigenvalue weighted by atomic mass is 32.1. The molecule has 5 nitrogen and oxygen atoms in total. The van der Waals surface area contributed by atoms with Gasteiger partial charge >= 0.3 is 0 Å². The van der Waals surface area contributed by atoms with Crippen LogP contribution in [0.25, 0.3) is 0 Å². The molecule has 0 saturated carbocycles. The number of piperazine rings is 1. The number of hydrogen-bond donors (Lipinski definition) is 0. The van der Waals surface area contributed by atoms with Crippen molar-refractivity contribution < 1.29 is 14.0 Å². The number of aromatic nitrogens is 1. The average Bonchev–Trinajstić information content (AvgIpc) is 3.04. The van der Waals surface area contributed by atoms with Gasteiger partial charge < -0.3 is 9.80 Å². The van der Waals surface area contributed by atoms with Crippen LogP contribution in [0, 0.1) is 12.7 Å². The minimum Gasteiger partial charge on any atom is -0.339 e. The van der Waals surface area contributed by atoms with Crippen molar-refractivity contribution in [1.82, 2.24) is 14.8 Å². The Balaban J connectivity index is 1.56. The Bertz CT molecular complexity index is 796. The van der Waals surface area contributed by atoms with Gasteiger partial charge in [-0.2, -0.15) is 0 Å². The second-order valence-corrected chi connectivity index (χ2v) is 7.44. The Morgan fingerprint density at radius 3 is 2.31 bits per heavy atom. The lowest BCUT2D eigenvalue weighted by atomic mass is 10.1. The fourth-order valence-corrected chi connectivity index (χ4v) is 3.97. The van der Waals surface area contributed by atoms with Gasteiger partial charge in [-0.25, -0.2) is 9.37 Å². The predicted molar refractivity (Wildman–Crippen MR) is 98.8 cm³/mol. The molecule has 1 saturated heterocycles. The summed E-state index contributed by atoms with van der Waals surface area (Å²) in [5.74, 6) is -0.297. The van der Waals surface area contributed by atoms with Gasteiger partial charge in [-0.15, -0.1) is 11.3 Å². The lowest BCUT2D eigenvalue weighted by Crippen LogP contribution is -2.51. The second-order valence-electron chi connectivity index (χ2n) is 6.35. The highest BCUT2D eigenvalue weighted by Crippen LogP contribution is 2.21. The number of aryl methyl sites for hydroxylation is 2. The fourth-order valence-electron chi connectivity index (χ4n) is 2.99. The van der Waals surface area contributed by atoms with Crippen LogP contribution in [0.1, 0.15) is 32.9 Å². The zero-order valence-corrected chi connectivity index (χ0v) is 15.8. The monoisotopic (exact) mass is 375 g/mol. The summed E-state index contributed by atoms with van der Waals surface area (Å²) < 4.78 is 13.0. The van der Waals surface area contributed by atoms with Gasteiger partial charge in [0.05, 0.1) is 17.1 Å². The van der Waals surface area contributed by atoms with Crippen LogP contribution in [-0.4, -0.2) is 52.8 Å². The van der Waals surface area contributed by atoms with Crippen molar-refractivity contribution in [2.45, 2.75) is 26.7 Å². The molecule has 0 atom stereocenters. The quantitative estimate of drug-likeness (QED) is 0.826. The number of rotatable bonds is 4. The van der Waals surface area contributed by atoms with E-state index in [9.17, 15) is 14.0 Å². The van der Waals surface area contributed by atoms with Gasteiger partial charge in [-0.1, -0.05) is 19.1 Å². The van der Waals surface area contributed by atoms with E-state index in [2.05, 4.69) is 4.98 Å². The van der Waals surface area contributed by atoms with E-state index in [-0.39, 0.29) is 24.1 Å². The summed E-state index contributed by atoms with van der Waals surface area (Å²) in [7, 11) is 0. The van der Waals surface area contributed by atoms with Crippen LogP contribution in [0.3, 0.4) is 0 Å². The predicted octanol–water partition coefficient (Wildman–Crippen LogP) is 2.68. The van der Waals surface area contributed by atoms with E-state index in [1.807, 2.05) is 13.8 Å². The molecule has 2 heterocycles. The van der Waals surface area contributed by atoms with Crippen LogP contribution in [0.15, 0.2) is 24.3 Å². The maximum atomic E-state index is 13.0. The number of hydrogen-bond acceptors (Lipinski definition) is 4. The average molecular weight is 375 g/mol. The smallest absolute Gasteiger partial charge is 0.265 e. The molecule has 1 aliphatic heterocycles. The van der Waals surface area contributed by atoms with Gasteiger partial charge in [0, 0.05) is 26.2 Å². The Morgan fingerprint density at radius 1 is 1.12 bits per heavy atom. The van der Waals surface area contributed by atoms with Crippen LogP contribution >= 0.6 is 11.3 Å². The molecule has 1 fully saturated rings. The summed E-state index contributed by atoms with van der Waals surface area (Å²) in [5.41, 5.74) is 1.58. The summed E-state index contributed by atoms with van der Waals surface area (Å²) in [5, 5.41) is 0.971. The van der Waals surface area contributed by atoms with Crippen LogP contribution in [0.5, 0.6) is 0 Å². The molecule has 0 unspecified atom stereocenters. The summed E-state index contributed by atoms with van der Waals surface area (Å²) in [4.78, 5) is 33.8. The SMILES string of the molecule is CCc1nc(C)c(C(=O)N2CCN(C(=O)Cc3ccc(F)cc3)CC2)s1. The summed E-state index contributed by atoms with van der Waals surface area (Å²) in [6.07, 6.45) is 1.08. The first-order valence-corrected chi connectivity index (χ1v) is 9.57. The molecule has 0 spiro atoms. The maximum absolute atomic E-state index is 13.0. The molecular formula is C19H22FN3O2S. The molecule has 1 aromatic carbocycles. The van der Waals surface area contributed by atoms with Crippen molar-refractivity contribution in [3.8, 4) is 0 Å². The molecule has 3 rings (SSSR count). The molecule has 26 heavy (non-hydrogen) atoms. The molecule has 138 valence electrons. The number of halogens is 1. The number of nitrogens with zero attached hydrogens (tertiary/aromatic N) is 3. The van der Waals surface area contributed by atoms with Crippen molar-refractivity contribution in [3.05, 3.63) is 51.2 Å². The highest BCUT2D eigenvalue weighted by molar-refractivity contribution is 7.13. The van der Waals surface area contributed by atoms with Crippen LogP contribution in [0.4, 0.5) is 4.39 Å². The van der Waals surface area contributed by atoms with Gasteiger partial charge in [-0.05, 0) is 31.0 Å². The molecule has 0 bridgehead atoms. The third-order valence-corrected chi connectivity index (χ3v) is 5.82. The van der Waals surface area contributed by atoms with Crippen LogP contribution in [0.2, 0.25) is 0 Å². The number of amides is 2. The highest BCUT2D eigenvalue weighted by Gasteiger charge is 2.27. The van der Waals surface area contributed by atoms with Gasteiger partial charge in [0.25, 0.3) is 5.91 Å². The van der Waals surface area contributed by atoms with Crippen molar-refractivity contribution >= 4 is 23.2 Å². The Kier molecular flexibility index (Phi) is 5.66. The van der Waals surface area contributed by atoms with E-state index in [1.54, 1.807) is 21.9 Å². The standard InChI is InChI=1S/C19H22FN3O2S/c1-3-16-21-13(2)18(26-16)19(25)23-10-8-22(9-11-23)17(24)12-14-4-6-15(20)7-5-14/h4-7H,3,8-12H2,1-2H3. The lowest BCUT2D eigenvalue weighted by molar-refractivity contribution is -0.131. The molecule has 1 aliphatic rings. The van der Waals surface area contributed by atoms with Crippen molar-refractivity contribution in [2.24, 2.45) is 0 Å². The lowest BCUT2D eigenvalue weighted by Gasteiger charge is -2.34. The van der Waals surface area contributed by atoms with Gasteiger partial charge in [0.1, 0.15) is 10.7 Å². The van der Waals surface area contributed by atoms with Crippen LogP contribution < -0.4 is 0 Å². The zero-order chi connectivity index (χ0) is 18.7. The third kappa shape index (κ3) is 4.09. The molecule has 1 aromatic heterocycles. The topological polar surface area (TPSA) is 53.5 Å². The van der Waals surface area contributed by atoms with Gasteiger partial charge in [0.2, 0.25) is 5.91 Å². The van der Waals surface area contributed by atoms with E-state index in [1.165, 1.54) is 23.5 Å². The minimum atomic E-state index is -0.307. The largest absolute Gasteiger partial charge is 0.339 e. The fraction of sp³-hybridized carbons (Fsp3) is 0.421. The molecule has 7 heteroatoms. The second kappa shape index (κ2) is 7.95. The first kappa shape index (κ1) is 18.5. The van der Waals surface area contributed by atoms with Crippen molar-refractivity contribution in [2.75, 3.05) is 26.2 Å². The Hall–Kier alpha value is -2.28. The Morgan fingerprint density at radius 2 is 1.73 bits per heavy atom. The molecule has 0 N–H and O–H groups in total. The molecule has 0 radical (unpaired) electrons. The first-order valence-electron chi connectivity index (χ1n) is 8.75. The van der Waals surface area contributed by atoms with E-state index < -0.39 is 0 Å². The van der Waals surface area contributed by atoms with Crippen LogP contribution in [-0.2, 0) is 17.6 Å². The molecule has 0 aliphatic carbocycles. The summed E-state index contributed by atoms with van der Waals surface area (Å²) >= 11 is 1.46. The normalized spacial score (nSPS) is 14.6. The summed E-state index contributed by atoms with van der Waals surface area (Å²) in [6.45, 7) is 5.97. The molecular weight excluding hydrogens is 353 g/mol. The van der Waals surface area contributed by atoms with Crippen molar-refractivity contribution in [1.29, 1.82) is 0 Å². The van der Waals surface area contributed by atoms with Gasteiger partial charge in [-0.3, -0.25) is 9.59 Å². The number of carbonyl (C=O) groups excluding carboxylic acids is 2. The number of carbonyl (C=O) groups is 2. The minimum absolute atomic E-state index is 0.00494.